The van der Waals surface area contributed by atoms with Crippen molar-refractivity contribution in [2.75, 3.05) is 6.54 Å². The minimum absolute atomic E-state index is 0.0150. The highest BCUT2D eigenvalue weighted by Gasteiger charge is 2.51. The molecule has 4 atom stereocenters. The number of carbonyl (C=O) groups is 2. The Balaban J connectivity index is 1.78. The maximum atomic E-state index is 12.7. The van der Waals surface area contributed by atoms with E-state index in [1.807, 2.05) is 24.0 Å². The van der Waals surface area contributed by atoms with Crippen molar-refractivity contribution in [1.29, 1.82) is 0 Å². The molecule has 1 aromatic heterocycles. The largest absolute Gasteiger partial charge is 0.481 e. The Labute approximate surface area is 130 Å². The summed E-state index contributed by atoms with van der Waals surface area (Å²) in [6.07, 6.45) is 3.16. The molecule has 0 spiro atoms. The monoisotopic (exact) mass is 305 g/mol. The highest BCUT2D eigenvalue weighted by molar-refractivity contribution is 5.89. The van der Waals surface area contributed by atoms with Gasteiger partial charge in [-0.3, -0.25) is 9.59 Å². The number of nitrogens with zero attached hydrogens (tertiary/aromatic N) is 1. The van der Waals surface area contributed by atoms with E-state index >= 15 is 0 Å². The fourth-order valence-electron chi connectivity index (χ4n) is 3.39. The van der Waals surface area contributed by atoms with E-state index in [1.54, 1.807) is 0 Å². The van der Waals surface area contributed by atoms with Gasteiger partial charge in [0.05, 0.1) is 17.9 Å². The van der Waals surface area contributed by atoms with Gasteiger partial charge in [0.2, 0.25) is 5.91 Å². The first-order valence-electron chi connectivity index (χ1n) is 8.13. The van der Waals surface area contributed by atoms with Crippen LogP contribution >= 0.6 is 0 Å². The molecular formula is C17H23NO4. The molecule has 1 aliphatic carbocycles. The van der Waals surface area contributed by atoms with Gasteiger partial charge in [-0.1, -0.05) is 13.8 Å². The molecule has 1 aromatic rings. The number of carboxylic acids is 1. The van der Waals surface area contributed by atoms with Gasteiger partial charge in [0.1, 0.15) is 11.5 Å². The summed E-state index contributed by atoms with van der Waals surface area (Å²) in [6, 6.07) is 3.88. The van der Waals surface area contributed by atoms with Crippen LogP contribution in [0.4, 0.5) is 0 Å². The van der Waals surface area contributed by atoms with Crippen molar-refractivity contribution in [3.63, 3.8) is 0 Å². The van der Waals surface area contributed by atoms with Crippen LogP contribution in [-0.4, -0.2) is 28.4 Å². The smallest absolute Gasteiger partial charge is 0.307 e. The number of amides is 1. The molecule has 2 fully saturated rings. The topological polar surface area (TPSA) is 70.8 Å². The van der Waals surface area contributed by atoms with Crippen LogP contribution in [0.3, 0.4) is 0 Å². The Bertz CT molecular complexity index is 579. The molecule has 2 aliphatic rings. The second-order valence-corrected chi connectivity index (χ2v) is 6.62. The molecule has 0 aromatic carbocycles. The van der Waals surface area contributed by atoms with E-state index < -0.39 is 11.9 Å². The van der Waals surface area contributed by atoms with Gasteiger partial charge in [-0.15, -0.1) is 0 Å². The maximum Gasteiger partial charge on any atom is 0.307 e. The SMILES string of the molecule is CCc1ccc(C2CC(C)CCN2C(=O)C2CC2C(=O)O)o1. The third-order valence-electron chi connectivity index (χ3n) is 4.93. The fraction of sp³-hybridized carbons (Fsp3) is 0.647. The molecule has 120 valence electrons. The molecule has 5 nitrogen and oxygen atoms in total. The number of furan rings is 1. The zero-order valence-electron chi connectivity index (χ0n) is 13.1. The second-order valence-electron chi connectivity index (χ2n) is 6.62. The maximum absolute atomic E-state index is 12.7. The Morgan fingerprint density at radius 1 is 1.32 bits per heavy atom. The highest BCUT2D eigenvalue weighted by atomic mass is 16.4. The molecule has 3 rings (SSSR count). The van der Waals surface area contributed by atoms with Crippen molar-refractivity contribution >= 4 is 11.9 Å². The lowest BCUT2D eigenvalue weighted by Gasteiger charge is -2.37. The Morgan fingerprint density at radius 2 is 2.09 bits per heavy atom. The average Bonchev–Trinajstić information content (AvgIpc) is 3.17. The molecular weight excluding hydrogens is 282 g/mol. The van der Waals surface area contributed by atoms with Crippen molar-refractivity contribution in [3.05, 3.63) is 23.7 Å². The number of hydrogen-bond acceptors (Lipinski definition) is 3. The van der Waals surface area contributed by atoms with Crippen molar-refractivity contribution in [2.45, 2.75) is 45.6 Å². The van der Waals surface area contributed by atoms with E-state index in [9.17, 15) is 9.59 Å². The predicted molar refractivity (Wildman–Crippen MR) is 80.2 cm³/mol. The van der Waals surface area contributed by atoms with E-state index in [2.05, 4.69) is 6.92 Å². The summed E-state index contributed by atoms with van der Waals surface area (Å²) in [5.41, 5.74) is 0. The molecule has 5 heteroatoms. The van der Waals surface area contributed by atoms with Crippen LogP contribution in [0.1, 0.15) is 50.7 Å². The van der Waals surface area contributed by atoms with Crippen LogP contribution in [0.15, 0.2) is 16.5 Å². The van der Waals surface area contributed by atoms with Crippen LogP contribution in [0.5, 0.6) is 0 Å². The van der Waals surface area contributed by atoms with Crippen LogP contribution in [0, 0.1) is 17.8 Å². The zero-order chi connectivity index (χ0) is 15.9. The fourth-order valence-corrected chi connectivity index (χ4v) is 3.39. The minimum Gasteiger partial charge on any atom is -0.481 e. The van der Waals surface area contributed by atoms with Gasteiger partial charge in [-0.2, -0.15) is 0 Å². The van der Waals surface area contributed by atoms with Gasteiger partial charge in [-0.05, 0) is 37.3 Å². The number of carboxylic acid groups (broad SMARTS) is 1. The van der Waals surface area contributed by atoms with Gasteiger partial charge < -0.3 is 14.4 Å². The third-order valence-corrected chi connectivity index (χ3v) is 4.93. The molecule has 1 aliphatic heterocycles. The van der Waals surface area contributed by atoms with Crippen molar-refractivity contribution in [3.8, 4) is 0 Å². The number of likely N-dealkylation sites (tertiary alicyclic amines) is 1. The molecule has 22 heavy (non-hydrogen) atoms. The first-order chi connectivity index (χ1) is 10.5. The second kappa shape index (κ2) is 5.78. The standard InChI is InChI=1S/C17H23NO4/c1-3-11-4-5-15(22-11)14-8-10(2)6-7-18(14)16(19)12-9-13(12)17(20)21/h4-5,10,12-14H,3,6-9H2,1-2H3,(H,20,21). The first-order valence-corrected chi connectivity index (χ1v) is 8.13. The molecule has 0 radical (unpaired) electrons. The van der Waals surface area contributed by atoms with E-state index in [1.165, 1.54) is 0 Å². The summed E-state index contributed by atoms with van der Waals surface area (Å²) in [6.45, 7) is 4.92. The van der Waals surface area contributed by atoms with Crippen LogP contribution in [0.2, 0.25) is 0 Å². The van der Waals surface area contributed by atoms with Crippen molar-refractivity contribution in [1.82, 2.24) is 4.90 Å². The lowest BCUT2D eigenvalue weighted by atomic mass is 9.90. The molecule has 0 bridgehead atoms. The number of rotatable bonds is 4. The minimum atomic E-state index is -0.855. The van der Waals surface area contributed by atoms with E-state index in [0.29, 0.717) is 18.9 Å². The normalized spacial score (nSPS) is 31.1. The van der Waals surface area contributed by atoms with Crippen molar-refractivity contribution < 1.29 is 19.1 Å². The number of carbonyl (C=O) groups excluding carboxylic acids is 1. The van der Waals surface area contributed by atoms with Crippen LogP contribution in [-0.2, 0) is 16.0 Å². The van der Waals surface area contributed by atoms with Crippen molar-refractivity contribution in [2.24, 2.45) is 17.8 Å². The lowest BCUT2D eigenvalue weighted by molar-refractivity contribution is -0.143. The van der Waals surface area contributed by atoms with Crippen LogP contribution < -0.4 is 0 Å². The van der Waals surface area contributed by atoms with Gasteiger partial charge in [0, 0.05) is 13.0 Å². The number of aryl methyl sites for hydroxylation is 1. The number of piperidine rings is 1. The Morgan fingerprint density at radius 3 is 2.68 bits per heavy atom. The molecule has 1 saturated heterocycles. The zero-order valence-corrected chi connectivity index (χ0v) is 13.1. The summed E-state index contributed by atoms with van der Waals surface area (Å²) in [4.78, 5) is 25.5. The molecule has 1 amide bonds. The summed E-state index contributed by atoms with van der Waals surface area (Å²) in [5.74, 6) is 0.605. The van der Waals surface area contributed by atoms with Gasteiger partial charge in [-0.25, -0.2) is 0 Å². The summed E-state index contributed by atoms with van der Waals surface area (Å²) in [5, 5.41) is 9.04. The summed E-state index contributed by atoms with van der Waals surface area (Å²) in [7, 11) is 0. The van der Waals surface area contributed by atoms with Gasteiger partial charge in [0.15, 0.2) is 0 Å². The molecule has 1 N–H and O–H groups in total. The number of hydrogen-bond donors (Lipinski definition) is 1. The Hall–Kier alpha value is -1.78. The Kier molecular flexibility index (Phi) is 3.98. The quantitative estimate of drug-likeness (QED) is 0.928. The molecule has 4 unspecified atom stereocenters. The van der Waals surface area contributed by atoms with E-state index in [-0.39, 0.29) is 17.9 Å². The van der Waals surface area contributed by atoms with E-state index in [0.717, 1.165) is 30.8 Å². The van der Waals surface area contributed by atoms with Gasteiger partial charge in [0.25, 0.3) is 0 Å². The van der Waals surface area contributed by atoms with Gasteiger partial charge >= 0.3 is 5.97 Å². The highest BCUT2D eigenvalue weighted by Crippen LogP contribution is 2.44. The third kappa shape index (κ3) is 2.76. The summed E-state index contributed by atoms with van der Waals surface area (Å²) >= 11 is 0. The van der Waals surface area contributed by atoms with E-state index in [4.69, 9.17) is 9.52 Å². The number of aliphatic carboxylic acids is 1. The molecule has 2 heterocycles. The lowest BCUT2D eigenvalue weighted by Crippen LogP contribution is -2.41. The molecule has 1 saturated carbocycles. The summed E-state index contributed by atoms with van der Waals surface area (Å²) < 4.78 is 5.87. The predicted octanol–water partition coefficient (Wildman–Crippen LogP) is 2.86. The van der Waals surface area contributed by atoms with Crippen LogP contribution in [0.25, 0.3) is 0 Å². The average molecular weight is 305 g/mol. The first kappa shape index (κ1) is 15.1.